The van der Waals surface area contributed by atoms with Crippen LogP contribution in [0.5, 0.6) is 0 Å². The van der Waals surface area contributed by atoms with E-state index < -0.39 is 5.54 Å². The minimum Gasteiger partial charge on any atom is -0.394 e. The molecule has 0 amide bonds. The zero-order valence-corrected chi connectivity index (χ0v) is 11.4. The maximum atomic E-state index is 9.58. The molecule has 0 spiro atoms. The predicted octanol–water partition coefficient (Wildman–Crippen LogP) is 1.81. The van der Waals surface area contributed by atoms with Gasteiger partial charge in [-0.2, -0.15) is 0 Å². The van der Waals surface area contributed by atoms with Crippen LogP contribution in [0.4, 0.5) is 0 Å². The van der Waals surface area contributed by atoms with Gasteiger partial charge < -0.3 is 10.8 Å². The Kier molecular flexibility index (Phi) is 4.90. The van der Waals surface area contributed by atoms with Crippen molar-refractivity contribution in [3.63, 3.8) is 0 Å². The number of aliphatic hydroxyl groups is 1. The molecule has 100 valence electrons. The first-order chi connectivity index (χ1) is 9.24. The van der Waals surface area contributed by atoms with Gasteiger partial charge in [-0.15, -0.1) is 11.8 Å². The van der Waals surface area contributed by atoms with Crippen molar-refractivity contribution in [1.82, 2.24) is 9.97 Å². The summed E-state index contributed by atoms with van der Waals surface area (Å²) in [5.74, 6) is 0.795. The molecule has 5 heteroatoms. The molecule has 1 aromatic heterocycles. The van der Waals surface area contributed by atoms with Gasteiger partial charge in [0.25, 0.3) is 0 Å². The molecule has 4 nitrogen and oxygen atoms in total. The molecule has 1 heterocycles. The molecular formula is C14H17N3OS. The highest BCUT2D eigenvalue weighted by Gasteiger charge is 2.25. The van der Waals surface area contributed by atoms with E-state index >= 15 is 0 Å². The predicted molar refractivity (Wildman–Crippen MR) is 76.8 cm³/mol. The summed E-state index contributed by atoms with van der Waals surface area (Å²) in [6.45, 7) is -0.0681. The van der Waals surface area contributed by atoms with Crippen molar-refractivity contribution < 1.29 is 5.11 Å². The highest BCUT2D eigenvalue weighted by atomic mass is 32.2. The molecule has 0 aliphatic rings. The van der Waals surface area contributed by atoms with Crippen molar-refractivity contribution in [3.05, 3.63) is 54.5 Å². The summed E-state index contributed by atoms with van der Waals surface area (Å²) in [7, 11) is 0. The summed E-state index contributed by atoms with van der Waals surface area (Å²) in [5, 5.41) is 10.5. The first-order valence-electron chi connectivity index (χ1n) is 6.09. The number of thioether (sulfide) groups is 1. The number of aliphatic hydroxyl groups excluding tert-OH is 1. The monoisotopic (exact) mass is 275 g/mol. The average molecular weight is 275 g/mol. The SMILES string of the molecule is NC(CO)(CCSc1ccncn1)c1ccccc1. The van der Waals surface area contributed by atoms with E-state index in [-0.39, 0.29) is 6.61 Å². The van der Waals surface area contributed by atoms with Crippen LogP contribution in [0.3, 0.4) is 0 Å². The number of benzene rings is 1. The van der Waals surface area contributed by atoms with Crippen LogP contribution in [-0.4, -0.2) is 27.4 Å². The van der Waals surface area contributed by atoms with Crippen molar-refractivity contribution >= 4 is 11.8 Å². The maximum absolute atomic E-state index is 9.58. The summed E-state index contributed by atoms with van der Waals surface area (Å²) < 4.78 is 0. The Bertz CT molecular complexity index is 495. The van der Waals surface area contributed by atoms with E-state index in [1.54, 1.807) is 18.0 Å². The molecular weight excluding hydrogens is 258 g/mol. The van der Waals surface area contributed by atoms with Gasteiger partial charge in [0, 0.05) is 11.9 Å². The molecule has 0 bridgehead atoms. The van der Waals surface area contributed by atoms with Crippen LogP contribution < -0.4 is 5.73 Å². The summed E-state index contributed by atoms with van der Waals surface area (Å²) in [6, 6.07) is 11.6. The molecule has 1 atom stereocenters. The lowest BCUT2D eigenvalue weighted by Gasteiger charge is -2.27. The van der Waals surface area contributed by atoms with Gasteiger partial charge in [0.1, 0.15) is 6.33 Å². The first kappa shape index (κ1) is 14.0. The quantitative estimate of drug-likeness (QED) is 0.621. The van der Waals surface area contributed by atoms with Crippen molar-refractivity contribution in [2.45, 2.75) is 17.0 Å². The van der Waals surface area contributed by atoms with Crippen molar-refractivity contribution in [2.75, 3.05) is 12.4 Å². The fourth-order valence-electron chi connectivity index (χ4n) is 1.79. The Morgan fingerprint density at radius 1 is 1.21 bits per heavy atom. The minimum absolute atomic E-state index is 0.0681. The fourth-order valence-corrected chi connectivity index (χ4v) is 2.74. The highest BCUT2D eigenvalue weighted by molar-refractivity contribution is 7.99. The smallest absolute Gasteiger partial charge is 0.116 e. The Morgan fingerprint density at radius 2 is 2.00 bits per heavy atom. The molecule has 0 saturated heterocycles. The molecule has 1 unspecified atom stereocenters. The third kappa shape index (κ3) is 3.76. The van der Waals surface area contributed by atoms with Crippen LogP contribution in [0, 0.1) is 0 Å². The molecule has 2 rings (SSSR count). The lowest BCUT2D eigenvalue weighted by Crippen LogP contribution is -2.41. The number of nitrogens with two attached hydrogens (primary N) is 1. The van der Waals surface area contributed by atoms with Gasteiger partial charge in [-0.1, -0.05) is 30.3 Å². The van der Waals surface area contributed by atoms with E-state index in [0.717, 1.165) is 16.3 Å². The highest BCUT2D eigenvalue weighted by Crippen LogP contribution is 2.25. The molecule has 2 aromatic rings. The summed E-state index contributed by atoms with van der Waals surface area (Å²) in [4.78, 5) is 8.02. The molecule has 3 N–H and O–H groups in total. The molecule has 19 heavy (non-hydrogen) atoms. The van der Waals surface area contributed by atoms with Gasteiger partial charge in [0.05, 0.1) is 17.2 Å². The van der Waals surface area contributed by atoms with Gasteiger partial charge in [0.15, 0.2) is 0 Å². The third-order valence-electron chi connectivity index (χ3n) is 2.98. The maximum Gasteiger partial charge on any atom is 0.116 e. The van der Waals surface area contributed by atoms with E-state index in [4.69, 9.17) is 5.73 Å². The molecule has 0 fully saturated rings. The second-order valence-corrected chi connectivity index (χ2v) is 5.44. The van der Waals surface area contributed by atoms with Crippen molar-refractivity contribution in [2.24, 2.45) is 5.73 Å². The van der Waals surface area contributed by atoms with Gasteiger partial charge >= 0.3 is 0 Å². The largest absolute Gasteiger partial charge is 0.394 e. The summed E-state index contributed by atoms with van der Waals surface area (Å²) >= 11 is 1.62. The van der Waals surface area contributed by atoms with Crippen LogP contribution in [0.1, 0.15) is 12.0 Å². The van der Waals surface area contributed by atoms with Crippen LogP contribution in [-0.2, 0) is 5.54 Å². The van der Waals surface area contributed by atoms with Crippen LogP contribution in [0.25, 0.3) is 0 Å². The van der Waals surface area contributed by atoms with Gasteiger partial charge in [-0.3, -0.25) is 0 Å². The van der Waals surface area contributed by atoms with Crippen LogP contribution in [0.15, 0.2) is 53.9 Å². The normalized spacial score (nSPS) is 14.0. The van der Waals surface area contributed by atoms with E-state index in [1.807, 2.05) is 36.4 Å². The molecule has 0 aliphatic heterocycles. The minimum atomic E-state index is -0.693. The summed E-state index contributed by atoms with van der Waals surface area (Å²) in [6.07, 6.45) is 3.93. The molecule has 0 saturated carbocycles. The fraction of sp³-hybridized carbons (Fsp3) is 0.286. The second kappa shape index (κ2) is 6.65. The molecule has 1 aromatic carbocycles. The van der Waals surface area contributed by atoms with Gasteiger partial charge in [-0.05, 0) is 18.1 Å². The Hall–Kier alpha value is -1.43. The van der Waals surface area contributed by atoms with E-state index in [1.165, 1.54) is 6.33 Å². The first-order valence-corrected chi connectivity index (χ1v) is 7.07. The Balaban J connectivity index is 1.96. The Labute approximate surface area is 117 Å². The van der Waals surface area contributed by atoms with E-state index in [9.17, 15) is 5.11 Å². The van der Waals surface area contributed by atoms with Crippen LogP contribution in [0.2, 0.25) is 0 Å². The van der Waals surface area contributed by atoms with Gasteiger partial charge in [-0.25, -0.2) is 9.97 Å². The zero-order valence-electron chi connectivity index (χ0n) is 10.6. The second-order valence-electron chi connectivity index (χ2n) is 4.33. The molecule has 0 aliphatic carbocycles. The number of aromatic nitrogens is 2. The molecule has 0 radical (unpaired) electrons. The van der Waals surface area contributed by atoms with Crippen LogP contribution >= 0.6 is 11.8 Å². The lowest BCUT2D eigenvalue weighted by atomic mass is 9.89. The average Bonchev–Trinajstić information content (AvgIpc) is 2.49. The lowest BCUT2D eigenvalue weighted by molar-refractivity contribution is 0.193. The standard InChI is InChI=1S/C14H17N3OS/c15-14(10-18,12-4-2-1-3-5-12)7-9-19-13-6-8-16-11-17-13/h1-6,8,11,18H,7,9-10,15H2. The number of hydrogen-bond acceptors (Lipinski definition) is 5. The van der Waals surface area contributed by atoms with Gasteiger partial charge in [0.2, 0.25) is 0 Å². The number of hydrogen-bond donors (Lipinski definition) is 2. The van der Waals surface area contributed by atoms with E-state index in [2.05, 4.69) is 9.97 Å². The zero-order chi connectivity index (χ0) is 13.6. The van der Waals surface area contributed by atoms with E-state index in [0.29, 0.717) is 6.42 Å². The number of nitrogens with zero attached hydrogens (tertiary/aromatic N) is 2. The van der Waals surface area contributed by atoms with Crippen molar-refractivity contribution in [3.8, 4) is 0 Å². The topological polar surface area (TPSA) is 72.0 Å². The summed E-state index contributed by atoms with van der Waals surface area (Å²) in [5.41, 5.74) is 6.55. The third-order valence-corrected chi connectivity index (χ3v) is 3.93. The number of rotatable bonds is 6. The van der Waals surface area contributed by atoms with Crippen molar-refractivity contribution in [1.29, 1.82) is 0 Å². The Morgan fingerprint density at radius 3 is 2.63 bits per heavy atom.